The van der Waals surface area contributed by atoms with Crippen LogP contribution in [0.2, 0.25) is 0 Å². The van der Waals surface area contributed by atoms with E-state index in [0.717, 1.165) is 19.3 Å². The van der Waals surface area contributed by atoms with E-state index in [1.165, 1.54) is 57.8 Å². The number of carbonyl (C=O) groups excluding carboxylic acids is 1. The number of nitrogens with zero attached hydrogens (tertiary/aromatic N) is 1. The van der Waals surface area contributed by atoms with E-state index in [9.17, 15) is 19.4 Å². The average Bonchev–Trinajstić information content (AvgIpc) is 2.75. The van der Waals surface area contributed by atoms with Crippen LogP contribution in [0.25, 0.3) is 0 Å². The zero-order valence-corrected chi connectivity index (χ0v) is 23.5. The molecule has 0 fully saturated rings. The van der Waals surface area contributed by atoms with Crippen LogP contribution in [0.4, 0.5) is 0 Å². The number of carbonyl (C=O) groups is 1. The molecule has 0 spiro atoms. The Balaban J connectivity index is 4.19. The first-order valence-electron chi connectivity index (χ1n) is 13.4. The molecule has 0 aromatic carbocycles. The Morgan fingerprint density at radius 1 is 0.882 bits per heavy atom. The van der Waals surface area contributed by atoms with Gasteiger partial charge in [-0.05, 0) is 6.42 Å². The smallest absolute Gasteiger partial charge is 0.391 e. The number of phosphoric acid groups is 1. The number of aliphatic hydroxyl groups is 1. The Morgan fingerprint density at radius 2 is 1.38 bits per heavy atom. The molecule has 0 rings (SSSR count). The van der Waals surface area contributed by atoms with Gasteiger partial charge in [0, 0.05) is 6.42 Å². The lowest BCUT2D eigenvalue weighted by Gasteiger charge is -2.26. The SMILES string of the molecule is CCCCCCCCCCCCCCC(O)C(COP(=O)(O)OCC[N+](C)(C)C)NC(=O)CC. The molecule has 0 saturated heterocycles. The number of likely N-dealkylation sites (N-methyl/N-ethyl adjacent to an activating group) is 1. The van der Waals surface area contributed by atoms with E-state index in [0.29, 0.717) is 17.4 Å². The van der Waals surface area contributed by atoms with Crippen LogP contribution < -0.4 is 5.32 Å². The van der Waals surface area contributed by atoms with Crippen molar-refractivity contribution in [3.8, 4) is 0 Å². The summed E-state index contributed by atoms with van der Waals surface area (Å²) in [6, 6.07) is -0.748. The van der Waals surface area contributed by atoms with Crippen molar-refractivity contribution in [3.63, 3.8) is 0 Å². The molecule has 0 saturated carbocycles. The third kappa shape index (κ3) is 20.8. The van der Waals surface area contributed by atoms with E-state index in [2.05, 4.69) is 12.2 Å². The van der Waals surface area contributed by atoms with Crippen LogP contribution in [0, 0.1) is 0 Å². The standard InChI is InChI=1S/C25H53N2O6P/c1-6-8-9-10-11-12-13-14-15-16-17-18-19-24(28)23(26-25(29)7-2)22-33-34(30,31)32-21-20-27(3,4)5/h23-24,28H,6-22H2,1-5H3,(H-,26,29,30,31)/p+1. The summed E-state index contributed by atoms with van der Waals surface area (Å²) >= 11 is 0. The lowest BCUT2D eigenvalue weighted by Crippen LogP contribution is -2.46. The van der Waals surface area contributed by atoms with Crippen molar-refractivity contribution in [1.82, 2.24) is 5.32 Å². The molecule has 3 N–H and O–H groups in total. The maximum absolute atomic E-state index is 12.2. The van der Waals surface area contributed by atoms with E-state index < -0.39 is 20.0 Å². The number of nitrogens with one attached hydrogen (secondary N) is 1. The van der Waals surface area contributed by atoms with Crippen LogP contribution in [-0.4, -0.2) is 73.4 Å². The fraction of sp³-hybridized carbons (Fsp3) is 0.960. The zero-order chi connectivity index (χ0) is 25.9. The predicted octanol–water partition coefficient (Wildman–Crippen LogP) is 5.17. The van der Waals surface area contributed by atoms with E-state index in [1.807, 2.05) is 21.1 Å². The van der Waals surface area contributed by atoms with E-state index in [-0.39, 0.29) is 25.5 Å². The molecule has 0 aliphatic rings. The molecule has 0 aliphatic heterocycles. The van der Waals surface area contributed by atoms with Crippen molar-refractivity contribution in [1.29, 1.82) is 0 Å². The summed E-state index contributed by atoms with van der Waals surface area (Å²) in [4.78, 5) is 21.8. The first-order valence-corrected chi connectivity index (χ1v) is 14.9. The fourth-order valence-corrected chi connectivity index (χ4v) is 4.33. The lowest BCUT2D eigenvalue weighted by molar-refractivity contribution is -0.870. The second kappa shape index (κ2) is 19.7. The lowest BCUT2D eigenvalue weighted by atomic mass is 10.0. The molecule has 3 atom stereocenters. The molecule has 3 unspecified atom stereocenters. The van der Waals surface area contributed by atoms with E-state index in [1.54, 1.807) is 6.92 Å². The number of amides is 1. The van der Waals surface area contributed by atoms with Gasteiger partial charge < -0.3 is 19.8 Å². The van der Waals surface area contributed by atoms with Gasteiger partial charge in [-0.2, -0.15) is 0 Å². The minimum absolute atomic E-state index is 0.0741. The number of quaternary nitrogens is 1. The Kier molecular flexibility index (Phi) is 19.4. The first-order chi connectivity index (χ1) is 16.0. The van der Waals surface area contributed by atoms with Gasteiger partial charge >= 0.3 is 7.82 Å². The number of unbranched alkanes of at least 4 members (excludes halogenated alkanes) is 11. The van der Waals surface area contributed by atoms with Gasteiger partial charge in [0.25, 0.3) is 0 Å². The average molecular weight is 510 g/mol. The quantitative estimate of drug-likeness (QED) is 0.0997. The van der Waals surface area contributed by atoms with E-state index >= 15 is 0 Å². The van der Waals surface area contributed by atoms with Crippen molar-refractivity contribution in [2.24, 2.45) is 0 Å². The maximum Gasteiger partial charge on any atom is 0.472 e. The Hall–Kier alpha value is -0.500. The third-order valence-corrected chi connectivity index (χ3v) is 6.90. The first kappa shape index (κ1) is 33.5. The van der Waals surface area contributed by atoms with Crippen LogP contribution in [0.15, 0.2) is 0 Å². The second-order valence-corrected chi connectivity index (χ2v) is 11.8. The molecule has 8 nitrogen and oxygen atoms in total. The summed E-state index contributed by atoms with van der Waals surface area (Å²) in [5.74, 6) is -0.235. The van der Waals surface area contributed by atoms with Crippen molar-refractivity contribution < 1.29 is 32.9 Å². The van der Waals surface area contributed by atoms with Gasteiger partial charge in [-0.25, -0.2) is 4.57 Å². The molecule has 0 aromatic heterocycles. The maximum atomic E-state index is 12.2. The van der Waals surface area contributed by atoms with Crippen molar-refractivity contribution in [2.45, 2.75) is 116 Å². The molecule has 0 heterocycles. The number of phosphoric ester groups is 1. The molecule has 9 heteroatoms. The number of hydrogen-bond acceptors (Lipinski definition) is 5. The van der Waals surface area contributed by atoms with Crippen molar-refractivity contribution in [2.75, 3.05) is 40.9 Å². The monoisotopic (exact) mass is 509 g/mol. The van der Waals surface area contributed by atoms with Gasteiger partial charge in [0.2, 0.25) is 5.91 Å². The summed E-state index contributed by atoms with van der Waals surface area (Å²) in [6.07, 6.45) is 14.7. The highest BCUT2D eigenvalue weighted by Gasteiger charge is 2.28. The summed E-state index contributed by atoms with van der Waals surface area (Å²) < 4.78 is 22.9. The van der Waals surface area contributed by atoms with Crippen molar-refractivity contribution in [3.05, 3.63) is 0 Å². The molecular weight excluding hydrogens is 455 g/mol. The Morgan fingerprint density at radius 3 is 1.85 bits per heavy atom. The molecule has 0 aromatic rings. The number of hydrogen-bond donors (Lipinski definition) is 3. The highest BCUT2D eigenvalue weighted by Crippen LogP contribution is 2.43. The predicted molar refractivity (Wildman–Crippen MR) is 139 cm³/mol. The fourth-order valence-electron chi connectivity index (χ4n) is 3.60. The van der Waals surface area contributed by atoms with Gasteiger partial charge in [0.15, 0.2) is 0 Å². The highest BCUT2D eigenvalue weighted by molar-refractivity contribution is 7.47. The minimum Gasteiger partial charge on any atom is -0.391 e. The summed E-state index contributed by atoms with van der Waals surface area (Å²) in [6.45, 7) is 4.31. The van der Waals surface area contributed by atoms with Gasteiger partial charge in [-0.3, -0.25) is 13.8 Å². The van der Waals surface area contributed by atoms with Crippen LogP contribution in [0.3, 0.4) is 0 Å². The zero-order valence-electron chi connectivity index (χ0n) is 22.6. The summed E-state index contributed by atoms with van der Waals surface area (Å²) in [5, 5.41) is 13.3. The molecule has 1 amide bonds. The summed E-state index contributed by atoms with van der Waals surface area (Å²) in [7, 11) is 1.60. The molecule has 34 heavy (non-hydrogen) atoms. The van der Waals surface area contributed by atoms with E-state index in [4.69, 9.17) is 9.05 Å². The molecule has 0 aliphatic carbocycles. The Labute approximate surface area is 209 Å². The Bertz CT molecular complexity index is 556. The normalized spacial score (nSPS) is 15.6. The van der Waals surface area contributed by atoms with Crippen molar-refractivity contribution >= 4 is 13.7 Å². The highest BCUT2D eigenvalue weighted by atomic mass is 31.2. The van der Waals surface area contributed by atoms with Gasteiger partial charge in [0.1, 0.15) is 13.2 Å². The molecule has 204 valence electrons. The molecule has 0 bridgehead atoms. The molecular formula is C25H54N2O6P+. The van der Waals surface area contributed by atoms with Crippen LogP contribution in [-0.2, 0) is 18.4 Å². The van der Waals surface area contributed by atoms with Gasteiger partial charge in [-0.1, -0.05) is 90.9 Å². The third-order valence-electron chi connectivity index (χ3n) is 5.92. The number of rotatable bonds is 23. The van der Waals surface area contributed by atoms with Gasteiger partial charge in [0.05, 0.1) is 39.9 Å². The van der Waals surface area contributed by atoms with Crippen LogP contribution >= 0.6 is 7.82 Å². The number of aliphatic hydroxyl groups excluding tert-OH is 1. The van der Waals surface area contributed by atoms with Crippen LogP contribution in [0.1, 0.15) is 104 Å². The molecule has 0 radical (unpaired) electrons. The summed E-state index contributed by atoms with van der Waals surface area (Å²) in [5.41, 5.74) is 0. The van der Waals surface area contributed by atoms with Gasteiger partial charge in [-0.15, -0.1) is 0 Å². The largest absolute Gasteiger partial charge is 0.472 e. The topological polar surface area (TPSA) is 105 Å². The second-order valence-electron chi connectivity index (χ2n) is 10.4. The minimum atomic E-state index is -4.25. The van der Waals surface area contributed by atoms with Crippen LogP contribution in [0.5, 0.6) is 0 Å².